The Bertz CT molecular complexity index is 3480. The van der Waals surface area contributed by atoms with Gasteiger partial charge in [0, 0.05) is 26.9 Å². The summed E-state index contributed by atoms with van der Waals surface area (Å²) in [4.78, 5) is 221. The van der Waals surface area contributed by atoms with Crippen molar-refractivity contribution in [2.75, 3.05) is 36.1 Å². The second-order valence-electron chi connectivity index (χ2n) is 33.7. The van der Waals surface area contributed by atoms with E-state index < -0.39 is 185 Å². The minimum Gasteiger partial charge on any atom is -0.367 e. The molecule has 4 heterocycles. The number of benzene rings is 2. The van der Waals surface area contributed by atoms with E-state index in [4.69, 9.17) is 16.2 Å². The van der Waals surface area contributed by atoms with Gasteiger partial charge in [-0.3, -0.25) is 76.9 Å². The highest BCUT2D eigenvalue weighted by Crippen LogP contribution is 2.50. The minimum absolute atomic E-state index is 0.0265. The van der Waals surface area contributed by atoms with Crippen LogP contribution in [0.5, 0.6) is 0 Å². The van der Waals surface area contributed by atoms with Crippen LogP contribution in [-0.4, -0.2) is 208 Å². The molecule has 2 saturated carbocycles. The molecule has 624 valence electrons. The first-order valence-corrected chi connectivity index (χ1v) is 44.9. The quantitative estimate of drug-likeness (QED) is 0.0231. The highest BCUT2D eigenvalue weighted by molar-refractivity contribution is 8.19. The Morgan fingerprint density at radius 2 is 0.814 bits per heavy atom. The molecule has 0 aromatic heterocycles. The number of imide groups is 2. The molecule has 4 saturated heterocycles. The van der Waals surface area contributed by atoms with Gasteiger partial charge in [-0.15, -0.1) is 47.0 Å². The summed E-state index contributed by atoms with van der Waals surface area (Å²) in [6, 6.07) is -0.134. The Kier molecular flexibility index (Phi) is 34.1. The van der Waals surface area contributed by atoms with Crippen molar-refractivity contribution in [3.63, 3.8) is 0 Å². The van der Waals surface area contributed by atoms with E-state index in [1.54, 1.807) is 122 Å². The summed E-state index contributed by atoms with van der Waals surface area (Å²) in [5.74, 6) is -17.2. The maximum Gasteiger partial charge on any atom is 0.299 e. The van der Waals surface area contributed by atoms with Crippen molar-refractivity contribution in [1.29, 1.82) is 0 Å². The van der Waals surface area contributed by atoms with Gasteiger partial charge in [-0.05, 0) is 163 Å². The van der Waals surface area contributed by atoms with Crippen LogP contribution in [0.4, 0.5) is 0 Å². The first kappa shape index (κ1) is 92.3. The summed E-state index contributed by atoms with van der Waals surface area (Å²) in [6.07, 6.45) is 8.07. The van der Waals surface area contributed by atoms with Gasteiger partial charge < -0.3 is 48.1 Å². The van der Waals surface area contributed by atoms with Crippen LogP contribution in [0.25, 0.3) is 0 Å². The SMILES string of the molecule is CCC[C@H](N)C(=O)C(=O)N(C(=O)C1CC2(CN1)SCCCS2)C(C(=O)C(c1ccccc1)C(C)(C)OC(C)(C)C(C(=O)C(C(=O)[C@@H](NC(=O)[C@H](CC(C)C)NC(C)=O)C1CCCCC1)N(C(=O)C(=O)[C@@H](N)CCC)C(=O)C1CC2(CN1)SCCCS2)c1ccccc1)C(=O)[C@@H](NC(=O)[C@H](CC(C)C)NC(C)=O)C1CCCCC1. The maximum atomic E-state index is 17.6. The molecule has 4 aliphatic heterocycles. The van der Waals surface area contributed by atoms with E-state index >= 15 is 57.5 Å². The molecule has 6 aliphatic rings. The number of hydrogen-bond donors (Lipinski definition) is 8. The van der Waals surface area contributed by atoms with Gasteiger partial charge in [-0.1, -0.05) is 154 Å². The van der Waals surface area contributed by atoms with Gasteiger partial charge in [0.25, 0.3) is 11.8 Å². The van der Waals surface area contributed by atoms with Crippen molar-refractivity contribution >= 4 is 129 Å². The van der Waals surface area contributed by atoms with Gasteiger partial charge in [-0.2, -0.15) is 0 Å². The molecule has 113 heavy (non-hydrogen) atoms. The molecule has 2 aromatic carbocycles. The number of ketones is 6. The van der Waals surface area contributed by atoms with Gasteiger partial charge in [-0.25, -0.2) is 0 Å². The Morgan fingerprint density at radius 1 is 0.487 bits per heavy atom. The topological polar surface area (TPSA) is 379 Å². The Hall–Kier alpha value is -6.18. The predicted molar refractivity (Wildman–Crippen MR) is 443 cm³/mol. The molecular formula is C84H124N10O15S4. The predicted octanol–water partition coefficient (Wildman–Crippen LogP) is 8.33. The van der Waals surface area contributed by atoms with Gasteiger partial charge in [0.2, 0.25) is 47.0 Å². The van der Waals surface area contributed by atoms with Crippen LogP contribution < -0.4 is 43.4 Å². The van der Waals surface area contributed by atoms with Gasteiger partial charge >= 0.3 is 0 Å². The average Bonchev–Trinajstić information content (AvgIpc) is 1.71. The summed E-state index contributed by atoms with van der Waals surface area (Å²) < 4.78 is 6.41. The number of thioether (sulfide) groups is 4. The number of Topliss-reactive ketones (excluding diaryl/α,β-unsaturated/α-hetero) is 6. The molecule has 0 radical (unpaired) electrons. The molecule has 2 aromatic rings. The Balaban J connectivity index is 1.38. The van der Waals surface area contributed by atoms with Gasteiger partial charge in [0.15, 0.2) is 35.2 Å². The number of nitrogens with zero attached hydrogens (tertiary/aromatic N) is 2. The molecule has 2 aliphatic carbocycles. The molecule has 25 nitrogen and oxygen atoms in total. The summed E-state index contributed by atoms with van der Waals surface area (Å²) in [5.41, 5.74) is 9.26. The standard InChI is InChI=1S/C84H124N10O15S4/c1-13-29-57(85)69(97)79(107)93(77(105)61-45-83(47-87-61)110-39-27-40-111-83)67(73(101)65(55-35-23-17-24-36-55)91-75(103)59(43-49(3)4)89-51(7)95)71(99)63(53-31-19-15-20-32-53)81(9,10)109-82(11,12)64(54-33-21-16-22-34-54)72(100)68(74(102)66(56-37-25-18-26-38-56)92-76(104)60(44-50(5)6)90-52(8)96)94(80(108)70(98)58(86)30-14-2)78(106)62-46-84(48-88-62)112-41-28-42-113-84/h15-16,19-22,31-34,49-50,55-68,87-88H,13-14,17-18,23-30,35-48,85-86H2,1-12H3,(H,89,95)(H,90,96)(H,91,103)(H,92,104)/t57-,58-,59-,60-,61?,62?,63?,64?,65-,66-,67?,68?/m0/s1. The lowest BCUT2D eigenvalue weighted by Crippen LogP contribution is -2.66. The summed E-state index contributed by atoms with van der Waals surface area (Å²) in [7, 11) is 0. The van der Waals surface area contributed by atoms with E-state index in [-0.39, 0.29) is 74.6 Å². The number of carbonyl (C=O) groups excluding carboxylic acids is 14. The van der Waals surface area contributed by atoms with E-state index in [0.717, 1.165) is 48.7 Å². The highest BCUT2D eigenvalue weighted by atomic mass is 32.2. The molecule has 6 fully saturated rings. The summed E-state index contributed by atoms with van der Waals surface area (Å²) in [5, 5.41) is 18.0. The minimum atomic E-state index is -2.55. The third-order valence-corrected chi connectivity index (χ3v) is 29.4. The van der Waals surface area contributed by atoms with Crippen LogP contribution >= 0.6 is 47.0 Å². The van der Waals surface area contributed by atoms with Gasteiger partial charge in [0.05, 0.1) is 67.4 Å². The first-order valence-electron chi connectivity index (χ1n) is 41.0. The van der Waals surface area contributed by atoms with Crippen molar-refractivity contribution in [2.45, 2.75) is 303 Å². The number of hydrogen-bond acceptors (Lipinski definition) is 23. The molecule has 6 unspecified atom stereocenters. The Morgan fingerprint density at radius 3 is 1.12 bits per heavy atom. The second-order valence-corrected chi connectivity index (χ2v) is 40.1. The second kappa shape index (κ2) is 41.8. The largest absolute Gasteiger partial charge is 0.367 e. The smallest absolute Gasteiger partial charge is 0.299 e. The van der Waals surface area contributed by atoms with Crippen LogP contribution in [0.1, 0.15) is 234 Å². The number of nitrogens with two attached hydrogens (primary N) is 2. The molecule has 29 heteroatoms. The zero-order valence-electron chi connectivity index (χ0n) is 68.2. The average molecular weight is 1640 g/mol. The highest BCUT2D eigenvalue weighted by Gasteiger charge is 2.59. The third kappa shape index (κ3) is 23.6. The number of amides is 8. The fourth-order valence-electron chi connectivity index (χ4n) is 17.5. The lowest BCUT2D eigenvalue weighted by Gasteiger charge is -2.46. The Labute approximate surface area is 684 Å². The van der Waals surface area contributed by atoms with Crippen molar-refractivity contribution in [1.82, 2.24) is 41.7 Å². The zero-order valence-corrected chi connectivity index (χ0v) is 71.5. The molecule has 8 rings (SSSR count). The first-order chi connectivity index (χ1) is 53.5. The van der Waals surface area contributed by atoms with E-state index in [9.17, 15) is 9.59 Å². The normalized spacial score (nSPS) is 21.4. The monoisotopic (exact) mass is 1640 g/mol. The number of nitrogens with one attached hydrogen (secondary N) is 6. The summed E-state index contributed by atoms with van der Waals surface area (Å²) in [6.45, 7) is 20.0. The van der Waals surface area contributed by atoms with Crippen molar-refractivity contribution in [2.24, 2.45) is 35.1 Å². The van der Waals surface area contributed by atoms with E-state index in [1.165, 1.54) is 41.5 Å². The van der Waals surface area contributed by atoms with E-state index in [0.29, 0.717) is 74.0 Å². The molecule has 10 N–H and O–H groups in total. The molecular weight excluding hydrogens is 1520 g/mol. The van der Waals surface area contributed by atoms with Crippen molar-refractivity contribution in [3.8, 4) is 0 Å². The van der Waals surface area contributed by atoms with E-state index in [1.807, 2.05) is 27.7 Å². The van der Waals surface area contributed by atoms with Crippen LogP contribution in [0.3, 0.4) is 0 Å². The third-order valence-electron chi connectivity index (χ3n) is 22.7. The zero-order chi connectivity index (χ0) is 82.9. The number of carbonyl (C=O) groups is 14. The number of ether oxygens (including phenoxy) is 1. The van der Waals surface area contributed by atoms with Crippen LogP contribution in [-0.2, 0) is 71.9 Å². The van der Waals surface area contributed by atoms with E-state index in [2.05, 4.69) is 31.9 Å². The van der Waals surface area contributed by atoms with Gasteiger partial charge in [0.1, 0.15) is 12.1 Å². The van der Waals surface area contributed by atoms with Crippen molar-refractivity contribution < 1.29 is 71.9 Å². The lowest BCUT2D eigenvalue weighted by molar-refractivity contribution is -0.173. The fraction of sp³-hybridized carbons (Fsp3) is 0.690. The molecule has 8 amide bonds. The molecule has 2 spiro atoms. The van der Waals surface area contributed by atoms with Crippen LogP contribution in [0, 0.1) is 23.7 Å². The molecule has 0 bridgehead atoms. The van der Waals surface area contributed by atoms with Crippen LogP contribution in [0.15, 0.2) is 60.7 Å². The lowest BCUT2D eigenvalue weighted by atomic mass is 9.72. The fourth-order valence-corrected chi connectivity index (χ4v) is 24.0. The molecule has 12 atom stereocenters. The summed E-state index contributed by atoms with van der Waals surface area (Å²) >= 11 is 6.56. The maximum absolute atomic E-state index is 17.6. The number of rotatable bonds is 38. The van der Waals surface area contributed by atoms with Crippen LogP contribution in [0.2, 0.25) is 0 Å². The van der Waals surface area contributed by atoms with Crippen molar-refractivity contribution in [3.05, 3.63) is 71.8 Å².